The number of piperidine rings is 2. The van der Waals surface area contributed by atoms with Crippen molar-refractivity contribution in [1.82, 2.24) is 10.2 Å². The van der Waals surface area contributed by atoms with Crippen LogP contribution < -0.4 is 5.32 Å². The summed E-state index contributed by atoms with van der Waals surface area (Å²) in [5.41, 5.74) is -0.0841. The van der Waals surface area contributed by atoms with Crippen LogP contribution in [0.4, 0.5) is 0 Å². The molecular formula is C14H24N2O2. The molecule has 0 saturated carbocycles. The SMILES string of the molecule is CCN1CCC2(CC1)CC(=O)NC(=O)C2C(C)C. The van der Waals surface area contributed by atoms with Crippen LogP contribution in [0.3, 0.4) is 0 Å². The Morgan fingerprint density at radius 2 is 1.94 bits per heavy atom. The Labute approximate surface area is 109 Å². The summed E-state index contributed by atoms with van der Waals surface area (Å²) in [5, 5.41) is 2.52. The van der Waals surface area contributed by atoms with Crippen molar-refractivity contribution in [3.63, 3.8) is 0 Å². The van der Waals surface area contributed by atoms with Crippen molar-refractivity contribution < 1.29 is 9.59 Å². The number of hydrogen-bond acceptors (Lipinski definition) is 3. The molecule has 2 saturated heterocycles. The van der Waals surface area contributed by atoms with Crippen molar-refractivity contribution in [2.75, 3.05) is 19.6 Å². The van der Waals surface area contributed by atoms with Gasteiger partial charge in [0, 0.05) is 12.3 Å². The van der Waals surface area contributed by atoms with Crippen molar-refractivity contribution >= 4 is 11.8 Å². The maximum absolute atomic E-state index is 12.1. The van der Waals surface area contributed by atoms with E-state index in [2.05, 4.69) is 31.0 Å². The van der Waals surface area contributed by atoms with E-state index >= 15 is 0 Å². The molecule has 0 aliphatic carbocycles. The van der Waals surface area contributed by atoms with Crippen LogP contribution in [0.2, 0.25) is 0 Å². The minimum absolute atomic E-state index is 0.00536. The number of rotatable bonds is 2. The van der Waals surface area contributed by atoms with E-state index in [1.807, 2.05) is 0 Å². The first-order chi connectivity index (χ1) is 8.48. The van der Waals surface area contributed by atoms with Crippen LogP contribution in [0.1, 0.15) is 40.0 Å². The van der Waals surface area contributed by atoms with E-state index in [0.717, 1.165) is 32.5 Å². The maximum atomic E-state index is 12.1. The molecule has 0 radical (unpaired) electrons. The van der Waals surface area contributed by atoms with Gasteiger partial charge in [-0.15, -0.1) is 0 Å². The van der Waals surface area contributed by atoms with Gasteiger partial charge in [-0.2, -0.15) is 0 Å². The molecule has 2 heterocycles. The molecule has 2 aliphatic heterocycles. The summed E-state index contributed by atoms with van der Waals surface area (Å²) in [4.78, 5) is 26.2. The van der Waals surface area contributed by atoms with Crippen molar-refractivity contribution in [2.45, 2.75) is 40.0 Å². The lowest BCUT2D eigenvalue weighted by Crippen LogP contribution is -2.57. The molecule has 2 rings (SSSR count). The van der Waals surface area contributed by atoms with Crippen LogP contribution in [0.25, 0.3) is 0 Å². The second-order valence-electron chi connectivity index (χ2n) is 6.11. The first-order valence-electron chi connectivity index (χ1n) is 7.04. The van der Waals surface area contributed by atoms with Gasteiger partial charge in [0.1, 0.15) is 0 Å². The number of carbonyl (C=O) groups excluding carboxylic acids is 2. The number of hydrogen-bond donors (Lipinski definition) is 1. The third-order valence-electron chi connectivity index (χ3n) is 4.68. The lowest BCUT2D eigenvalue weighted by molar-refractivity contribution is -0.148. The number of likely N-dealkylation sites (tertiary alicyclic amines) is 1. The van der Waals surface area contributed by atoms with Gasteiger partial charge in [0.2, 0.25) is 11.8 Å². The van der Waals surface area contributed by atoms with Crippen LogP contribution in [0, 0.1) is 17.3 Å². The van der Waals surface area contributed by atoms with Crippen LogP contribution in [-0.2, 0) is 9.59 Å². The van der Waals surface area contributed by atoms with Crippen LogP contribution in [0.15, 0.2) is 0 Å². The Morgan fingerprint density at radius 3 is 2.44 bits per heavy atom. The third-order valence-corrected chi connectivity index (χ3v) is 4.68. The minimum atomic E-state index is -0.0841. The van der Waals surface area contributed by atoms with E-state index in [1.54, 1.807) is 0 Å². The lowest BCUT2D eigenvalue weighted by atomic mass is 9.61. The Kier molecular flexibility index (Phi) is 3.76. The van der Waals surface area contributed by atoms with E-state index in [4.69, 9.17) is 0 Å². The first kappa shape index (κ1) is 13.5. The predicted octanol–water partition coefficient (Wildman–Crippen LogP) is 1.41. The normalized spacial score (nSPS) is 28.8. The van der Waals surface area contributed by atoms with Crippen LogP contribution >= 0.6 is 0 Å². The smallest absolute Gasteiger partial charge is 0.230 e. The Morgan fingerprint density at radius 1 is 1.33 bits per heavy atom. The number of imide groups is 1. The van der Waals surface area contributed by atoms with E-state index in [0.29, 0.717) is 12.3 Å². The predicted molar refractivity (Wildman–Crippen MR) is 69.9 cm³/mol. The number of carbonyl (C=O) groups is 2. The minimum Gasteiger partial charge on any atom is -0.304 e. The van der Waals surface area contributed by atoms with Crippen LogP contribution in [-0.4, -0.2) is 36.3 Å². The molecule has 2 aliphatic rings. The number of nitrogens with zero attached hydrogens (tertiary/aromatic N) is 1. The Bertz CT molecular complexity index is 344. The van der Waals surface area contributed by atoms with E-state index in [-0.39, 0.29) is 23.1 Å². The molecule has 2 fully saturated rings. The average molecular weight is 252 g/mol. The van der Waals surface area contributed by atoms with E-state index in [1.165, 1.54) is 0 Å². The zero-order valence-electron chi connectivity index (χ0n) is 11.7. The zero-order chi connectivity index (χ0) is 13.3. The highest BCUT2D eigenvalue weighted by molar-refractivity contribution is 5.99. The molecule has 1 spiro atoms. The monoisotopic (exact) mass is 252 g/mol. The molecular weight excluding hydrogens is 228 g/mol. The van der Waals surface area contributed by atoms with E-state index < -0.39 is 0 Å². The summed E-state index contributed by atoms with van der Waals surface area (Å²) < 4.78 is 0. The number of nitrogens with one attached hydrogen (secondary N) is 1. The zero-order valence-corrected chi connectivity index (χ0v) is 11.7. The average Bonchev–Trinajstić information content (AvgIpc) is 2.28. The van der Waals surface area contributed by atoms with Gasteiger partial charge < -0.3 is 4.90 Å². The topological polar surface area (TPSA) is 49.4 Å². The third kappa shape index (κ3) is 2.30. The second-order valence-corrected chi connectivity index (χ2v) is 6.11. The number of amides is 2. The summed E-state index contributed by atoms with van der Waals surface area (Å²) in [6.07, 6.45) is 2.48. The molecule has 0 aromatic heterocycles. The van der Waals surface area contributed by atoms with E-state index in [9.17, 15) is 9.59 Å². The summed E-state index contributed by atoms with van der Waals surface area (Å²) in [6.45, 7) is 9.43. The van der Waals surface area contributed by atoms with Crippen molar-refractivity contribution in [3.05, 3.63) is 0 Å². The highest BCUT2D eigenvalue weighted by atomic mass is 16.2. The fourth-order valence-corrected chi connectivity index (χ4v) is 3.78. The Balaban J connectivity index is 2.21. The van der Waals surface area contributed by atoms with Gasteiger partial charge >= 0.3 is 0 Å². The molecule has 0 aromatic carbocycles. The van der Waals surface area contributed by atoms with Gasteiger partial charge in [-0.05, 0) is 43.8 Å². The maximum Gasteiger partial charge on any atom is 0.230 e. The van der Waals surface area contributed by atoms with Crippen molar-refractivity contribution in [3.8, 4) is 0 Å². The lowest BCUT2D eigenvalue weighted by Gasteiger charge is -2.49. The molecule has 1 unspecified atom stereocenters. The summed E-state index contributed by atoms with van der Waals surface area (Å²) in [7, 11) is 0. The quantitative estimate of drug-likeness (QED) is 0.756. The van der Waals surface area contributed by atoms with Crippen molar-refractivity contribution in [2.24, 2.45) is 17.3 Å². The van der Waals surface area contributed by atoms with Gasteiger partial charge in [-0.25, -0.2) is 0 Å². The fourth-order valence-electron chi connectivity index (χ4n) is 3.78. The Hall–Kier alpha value is -0.900. The molecule has 1 atom stereocenters. The highest BCUT2D eigenvalue weighted by Crippen LogP contribution is 2.47. The second kappa shape index (κ2) is 5.00. The molecule has 4 heteroatoms. The molecule has 4 nitrogen and oxygen atoms in total. The summed E-state index contributed by atoms with van der Waals surface area (Å²) in [5.74, 6) is 0.161. The molecule has 102 valence electrons. The van der Waals surface area contributed by atoms with Gasteiger partial charge in [0.25, 0.3) is 0 Å². The van der Waals surface area contributed by atoms with Gasteiger partial charge in [-0.1, -0.05) is 20.8 Å². The molecule has 0 aromatic rings. The van der Waals surface area contributed by atoms with Gasteiger partial charge in [0.15, 0.2) is 0 Å². The summed E-state index contributed by atoms with van der Waals surface area (Å²) >= 11 is 0. The highest BCUT2D eigenvalue weighted by Gasteiger charge is 2.50. The molecule has 1 N–H and O–H groups in total. The van der Waals surface area contributed by atoms with Crippen LogP contribution in [0.5, 0.6) is 0 Å². The largest absolute Gasteiger partial charge is 0.304 e. The standard InChI is InChI=1S/C14H24N2O2/c1-4-16-7-5-14(6-8-16)9-11(17)15-13(18)12(14)10(2)3/h10,12H,4-9H2,1-3H3,(H,15,17,18). The molecule has 18 heavy (non-hydrogen) atoms. The fraction of sp³-hybridized carbons (Fsp3) is 0.857. The van der Waals surface area contributed by atoms with Gasteiger partial charge in [0.05, 0.1) is 0 Å². The molecule has 0 bridgehead atoms. The van der Waals surface area contributed by atoms with Gasteiger partial charge in [-0.3, -0.25) is 14.9 Å². The van der Waals surface area contributed by atoms with Crippen molar-refractivity contribution in [1.29, 1.82) is 0 Å². The summed E-state index contributed by atoms with van der Waals surface area (Å²) in [6, 6.07) is 0. The first-order valence-corrected chi connectivity index (χ1v) is 7.04. The molecule has 2 amide bonds.